The molecule has 0 amide bonds. The molecular weight excluding hydrogens is 210 g/mol. The van der Waals surface area contributed by atoms with Gasteiger partial charge in [0, 0.05) is 13.1 Å². The quantitative estimate of drug-likeness (QED) is 0.818. The lowest BCUT2D eigenvalue weighted by atomic mass is 9.80. The Labute approximate surface area is 106 Å². The van der Waals surface area contributed by atoms with Gasteiger partial charge in [0.1, 0.15) is 0 Å². The Morgan fingerprint density at radius 2 is 1.82 bits per heavy atom. The van der Waals surface area contributed by atoms with E-state index in [0.29, 0.717) is 11.3 Å². The van der Waals surface area contributed by atoms with E-state index in [1.165, 1.54) is 45.2 Å². The first kappa shape index (κ1) is 13.4. The average Bonchev–Trinajstić information content (AvgIpc) is 2.85. The molecule has 1 saturated heterocycles. The van der Waals surface area contributed by atoms with Crippen molar-refractivity contribution < 1.29 is 5.11 Å². The van der Waals surface area contributed by atoms with E-state index < -0.39 is 0 Å². The van der Waals surface area contributed by atoms with Gasteiger partial charge in [-0.05, 0) is 43.1 Å². The Morgan fingerprint density at radius 1 is 1.18 bits per heavy atom. The van der Waals surface area contributed by atoms with Crippen molar-refractivity contribution >= 4 is 0 Å². The third-order valence-corrected chi connectivity index (χ3v) is 4.89. The summed E-state index contributed by atoms with van der Waals surface area (Å²) >= 11 is 0. The predicted molar refractivity (Wildman–Crippen MR) is 72.0 cm³/mol. The highest BCUT2D eigenvalue weighted by molar-refractivity contribution is 4.86. The van der Waals surface area contributed by atoms with Gasteiger partial charge in [0.25, 0.3) is 0 Å². The van der Waals surface area contributed by atoms with Gasteiger partial charge in [0.05, 0.1) is 6.10 Å². The van der Waals surface area contributed by atoms with Crippen LogP contribution in [0.25, 0.3) is 0 Å². The molecule has 1 heterocycles. The minimum absolute atomic E-state index is 0.0729. The molecule has 0 aromatic carbocycles. The zero-order valence-corrected chi connectivity index (χ0v) is 11.8. The third kappa shape index (κ3) is 3.45. The second kappa shape index (κ2) is 5.27. The van der Waals surface area contributed by atoms with Gasteiger partial charge >= 0.3 is 0 Å². The van der Waals surface area contributed by atoms with Gasteiger partial charge in [-0.3, -0.25) is 0 Å². The summed E-state index contributed by atoms with van der Waals surface area (Å²) in [5.74, 6) is 1.39. The van der Waals surface area contributed by atoms with Gasteiger partial charge in [-0.25, -0.2) is 0 Å². The molecule has 2 atom stereocenters. The van der Waals surface area contributed by atoms with Crippen LogP contribution in [0.5, 0.6) is 0 Å². The van der Waals surface area contributed by atoms with Crippen molar-refractivity contribution in [3.8, 4) is 0 Å². The molecule has 2 unspecified atom stereocenters. The number of hydrogen-bond donors (Lipinski definition) is 1. The second-order valence-corrected chi connectivity index (χ2v) is 7.22. The third-order valence-electron chi connectivity index (χ3n) is 4.89. The molecule has 1 saturated carbocycles. The lowest BCUT2D eigenvalue weighted by Gasteiger charge is -2.28. The van der Waals surface area contributed by atoms with E-state index in [4.69, 9.17) is 0 Å². The number of β-amino-alcohol motifs (C(OH)–C–C–N with tert-alkyl or cyclic N) is 1. The minimum Gasteiger partial charge on any atom is -0.392 e. The van der Waals surface area contributed by atoms with Gasteiger partial charge in [-0.1, -0.05) is 33.6 Å². The summed E-state index contributed by atoms with van der Waals surface area (Å²) in [6.07, 6.45) is 6.38. The molecule has 0 aromatic rings. The first-order chi connectivity index (χ1) is 7.97. The lowest BCUT2D eigenvalue weighted by molar-refractivity contribution is 0.0703. The molecule has 2 aliphatic rings. The van der Waals surface area contributed by atoms with E-state index in [9.17, 15) is 5.11 Å². The molecule has 0 spiro atoms. The minimum atomic E-state index is -0.0729. The second-order valence-electron chi connectivity index (χ2n) is 7.22. The van der Waals surface area contributed by atoms with Crippen molar-refractivity contribution in [3.63, 3.8) is 0 Å². The van der Waals surface area contributed by atoms with Crippen LogP contribution in [0.2, 0.25) is 0 Å². The van der Waals surface area contributed by atoms with Gasteiger partial charge in [-0.15, -0.1) is 0 Å². The Balaban J connectivity index is 1.77. The molecule has 2 heteroatoms. The molecule has 1 aliphatic carbocycles. The maximum atomic E-state index is 10.3. The SMILES string of the molecule is CC(C)(C)C1CCN(CC(O)C2CCCC2)C1. The van der Waals surface area contributed by atoms with Gasteiger partial charge in [0.15, 0.2) is 0 Å². The fourth-order valence-corrected chi connectivity index (χ4v) is 3.46. The predicted octanol–water partition coefficient (Wildman–Crippen LogP) is 2.91. The first-order valence-corrected chi connectivity index (χ1v) is 7.37. The summed E-state index contributed by atoms with van der Waals surface area (Å²) in [5, 5.41) is 10.3. The van der Waals surface area contributed by atoms with Gasteiger partial charge in [-0.2, -0.15) is 0 Å². The van der Waals surface area contributed by atoms with Gasteiger partial charge in [0.2, 0.25) is 0 Å². The Morgan fingerprint density at radius 3 is 2.35 bits per heavy atom. The Bertz CT molecular complexity index is 240. The number of aliphatic hydroxyl groups is 1. The van der Waals surface area contributed by atoms with Crippen molar-refractivity contribution in [3.05, 3.63) is 0 Å². The molecule has 0 aromatic heterocycles. The lowest BCUT2D eigenvalue weighted by Crippen LogP contribution is -2.35. The summed E-state index contributed by atoms with van der Waals surface area (Å²) in [7, 11) is 0. The zero-order chi connectivity index (χ0) is 12.5. The Hall–Kier alpha value is -0.0800. The van der Waals surface area contributed by atoms with Crippen LogP contribution in [0.3, 0.4) is 0 Å². The normalized spacial score (nSPS) is 30.0. The molecule has 1 aliphatic heterocycles. The summed E-state index contributed by atoms with van der Waals surface area (Å²) in [5.41, 5.74) is 0.424. The number of aliphatic hydroxyl groups excluding tert-OH is 1. The van der Waals surface area contributed by atoms with Crippen LogP contribution < -0.4 is 0 Å². The van der Waals surface area contributed by atoms with E-state index in [1.54, 1.807) is 0 Å². The topological polar surface area (TPSA) is 23.5 Å². The van der Waals surface area contributed by atoms with Crippen molar-refractivity contribution in [2.75, 3.05) is 19.6 Å². The van der Waals surface area contributed by atoms with Gasteiger partial charge < -0.3 is 10.0 Å². The molecule has 1 N–H and O–H groups in total. The molecule has 0 bridgehead atoms. The van der Waals surface area contributed by atoms with E-state index in [1.807, 2.05) is 0 Å². The Kier molecular flexibility index (Phi) is 4.14. The monoisotopic (exact) mass is 239 g/mol. The summed E-state index contributed by atoms with van der Waals surface area (Å²) < 4.78 is 0. The van der Waals surface area contributed by atoms with Crippen LogP contribution in [-0.4, -0.2) is 35.7 Å². The molecule has 2 rings (SSSR count). The van der Waals surface area contributed by atoms with Crippen LogP contribution in [0.4, 0.5) is 0 Å². The van der Waals surface area contributed by atoms with E-state index >= 15 is 0 Å². The first-order valence-electron chi connectivity index (χ1n) is 7.37. The fraction of sp³-hybridized carbons (Fsp3) is 1.00. The highest BCUT2D eigenvalue weighted by atomic mass is 16.3. The number of nitrogens with zero attached hydrogens (tertiary/aromatic N) is 1. The molecule has 100 valence electrons. The van der Waals surface area contributed by atoms with E-state index in [0.717, 1.165) is 12.5 Å². The fourth-order valence-electron chi connectivity index (χ4n) is 3.46. The molecule has 2 nitrogen and oxygen atoms in total. The van der Waals surface area contributed by atoms with Crippen LogP contribution in [0.15, 0.2) is 0 Å². The highest BCUT2D eigenvalue weighted by Crippen LogP contribution is 2.34. The van der Waals surface area contributed by atoms with Crippen LogP contribution in [-0.2, 0) is 0 Å². The number of hydrogen-bond acceptors (Lipinski definition) is 2. The van der Waals surface area contributed by atoms with Crippen LogP contribution in [0, 0.1) is 17.3 Å². The molecule has 0 radical (unpaired) electrons. The number of rotatable bonds is 3. The molecule has 17 heavy (non-hydrogen) atoms. The molecule has 2 fully saturated rings. The van der Waals surface area contributed by atoms with Crippen molar-refractivity contribution in [1.29, 1.82) is 0 Å². The summed E-state index contributed by atoms with van der Waals surface area (Å²) in [4.78, 5) is 2.49. The zero-order valence-electron chi connectivity index (χ0n) is 11.8. The van der Waals surface area contributed by atoms with Crippen molar-refractivity contribution in [2.45, 2.75) is 59.0 Å². The highest BCUT2D eigenvalue weighted by Gasteiger charge is 2.33. The smallest absolute Gasteiger partial charge is 0.0695 e. The van der Waals surface area contributed by atoms with E-state index in [2.05, 4.69) is 25.7 Å². The van der Waals surface area contributed by atoms with Crippen LogP contribution >= 0.6 is 0 Å². The summed E-state index contributed by atoms with van der Waals surface area (Å²) in [6, 6.07) is 0. The standard InChI is InChI=1S/C15H29NO/c1-15(2,3)13-8-9-16(10-13)11-14(17)12-6-4-5-7-12/h12-14,17H,4-11H2,1-3H3. The van der Waals surface area contributed by atoms with Crippen molar-refractivity contribution in [1.82, 2.24) is 4.90 Å². The number of likely N-dealkylation sites (tertiary alicyclic amines) is 1. The molecular formula is C15H29NO. The maximum Gasteiger partial charge on any atom is 0.0695 e. The average molecular weight is 239 g/mol. The van der Waals surface area contributed by atoms with Crippen LogP contribution in [0.1, 0.15) is 52.9 Å². The maximum absolute atomic E-state index is 10.3. The summed E-state index contributed by atoms with van der Waals surface area (Å²) in [6.45, 7) is 10.3. The van der Waals surface area contributed by atoms with Crippen molar-refractivity contribution in [2.24, 2.45) is 17.3 Å². The van der Waals surface area contributed by atoms with E-state index in [-0.39, 0.29) is 6.10 Å². The largest absolute Gasteiger partial charge is 0.392 e.